The molecule has 4 heteroatoms. The molecule has 2 aromatic rings. The normalized spacial score (nSPS) is 10.2. The van der Waals surface area contributed by atoms with E-state index in [1.807, 2.05) is 11.4 Å². The van der Waals surface area contributed by atoms with Crippen LogP contribution in [0.3, 0.4) is 0 Å². The minimum absolute atomic E-state index is 0.784. The highest BCUT2D eigenvalue weighted by Gasteiger charge is 2.05. The van der Waals surface area contributed by atoms with Gasteiger partial charge in [0, 0.05) is 10.8 Å². The highest BCUT2D eigenvalue weighted by Crippen LogP contribution is 2.35. The van der Waals surface area contributed by atoms with E-state index in [1.54, 1.807) is 22.7 Å². The molecule has 0 aliphatic carbocycles. The average molecular weight is 244 g/mol. The molecule has 0 unspecified atom stereocenters. The Kier molecular flexibility index (Phi) is 1.72. The van der Waals surface area contributed by atoms with Crippen molar-refractivity contribution in [3.8, 4) is 6.07 Å². The van der Waals surface area contributed by atoms with Gasteiger partial charge in [0.25, 0.3) is 0 Å². The molecule has 0 saturated heterocycles. The van der Waals surface area contributed by atoms with E-state index in [2.05, 4.69) is 22.0 Å². The average Bonchev–Trinajstić information content (AvgIpc) is 2.45. The monoisotopic (exact) mass is 243 g/mol. The van der Waals surface area contributed by atoms with E-state index in [4.69, 9.17) is 5.26 Å². The molecule has 54 valence electrons. The zero-order valence-corrected chi connectivity index (χ0v) is 8.52. The molecule has 0 bridgehead atoms. The third-order valence-electron chi connectivity index (χ3n) is 1.36. The second-order valence-corrected chi connectivity index (χ2v) is 5.58. The van der Waals surface area contributed by atoms with Crippen LogP contribution in [0.2, 0.25) is 0 Å². The van der Waals surface area contributed by atoms with Crippen LogP contribution in [-0.2, 0) is 0 Å². The first kappa shape index (κ1) is 7.29. The van der Waals surface area contributed by atoms with Gasteiger partial charge in [-0.1, -0.05) is 0 Å². The largest absolute Gasteiger partial charge is 0.192 e. The van der Waals surface area contributed by atoms with Crippen LogP contribution in [0.4, 0.5) is 0 Å². The molecule has 0 atom stereocenters. The molecule has 0 spiro atoms. The van der Waals surface area contributed by atoms with Crippen molar-refractivity contribution in [1.29, 1.82) is 5.26 Å². The van der Waals surface area contributed by atoms with E-state index in [0.29, 0.717) is 0 Å². The zero-order chi connectivity index (χ0) is 7.84. The number of fused-ring (bicyclic) bond motifs is 1. The van der Waals surface area contributed by atoms with E-state index in [9.17, 15) is 0 Å². The Morgan fingerprint density at radius 3 is 3.09 bits per heavy atom. The first-order valence-corrected chi connectivity index (χ1v) is 5.37. The van der Waals surface area contributed by atoms with E-state index in [-0.39, 0.29) is 0 Å². The van der Waals surface area contributed by atoms with Crippen LogP contribution in [0.1, 0.15) is 5.56 Å². The Morgan fingerprint density at radius 1 is 1.55 bits per heavy atom. The Hall–Kier alpha value is -0.370. The van der Waals surface area contributed by atoms with E-state index < -0.39 is 0 Å². The summed E-state index contributed by atoms with van der Waals surface area (Å²) in [4.78, 5) is 0. The van der Waals surface area contributed by atoms with Crippen molar-refractivity contribution >= 4 is 48.0 Å². The lowest BCUT2D eigenvalue weighted by atomic mass is 10.3. The van der Waals surface area contributed by atoms with E-state index >= 15 is 0 Å². The Morgan fingerprint density at radius 2 is 2.36 bits per heavy atom. The van der Waals surface area contributed by atoms with Crippen LogP contribution in [0.25, 0.3) is 9.40 Å². The van der Waals surface area contributed by atoms with Crippen LogP contribution in [-0.4, -0.2) is 0 Å². The summed E-state index contributed by atoms with van der Waals surface area (Å²) in [6.45, 7) is 0. The van der Waals surface area contributed by atoms with Gasteiger partial charge >= 0.3 is 0 Å². The molecule has 0 aromatic carbocycles. The zero-order valence-electron chi connectivity index (χ0n) is 5.30. The number of hydrogen-bond donors (Lipinski definition) is 0. The first-order chi connectivity index (χ1) is 5.31. The second kappa shape index (κ2) is 2.59. The summed E-state index contributed by atoms with van der Waals surface area (Å²) in [5, 5.41) is 11.7. The van der Waals surface area contributed by atoms with Crippen LogP contribution < -0.4 is 0 Å². The van der Waals surface area contributed by atoms with Crippen molar-refractivity contribution in [3.05, 3.63) is 20.8 Å². The Balaban J connectivity index is 2.86. The predicted molar refractivity (Wildman–Crippen MR) is 52.1 cm³/mol. The third-order valence-corrected chi connectivity index (χ3v) is 4.12. The summed E-state index contributed by atoms with van der Waals surface area (Å²) >= 11 is 6.68. The van der Waals surface area contributed by atoms with E-state index in [1.165, 1.54) is 4.01 Å². The fraction of sp³-hybridized carbons (Fsp3) is 0. The number of thiophene rings is 2. The maximum atomic E-state index is 8.68. The maximum absolute atomic E-state index is 8.68. The number of nitriles is 1. The number of rotatable bonds is 0. The molecule has 11 heavy (non-hydrogen) atoms. The number of nitrogens with zero attached hydrogens (tertiary/aromatic N) is 1. The van der Waals surface area contributed by atoms with Gasteiger partial charge in [-0.2, -0.15) is 5.26 Å². The molecule has 0 aliphatic heterocycles. The third kappa shape index (κ3) is 1.09. The highest BCUT2D eigenvalue weighted by atomic mass is 79.9. The van der Waals surface area contributed by atoms with Gasteiger partial charge in [-0.05, 0) is 22.0 Å². The summed E-state index contributed by atoms with van der Waals surface area (Å²) in [6.07, 6.45) is 0. The molecule has 1 nitrogen and oxygen atoms in total. The molecule has 0 saturated carbocycles. The van der Waals surface area contributed by atoms with Crippen LogP contribution in [0.5, 0.6) is 0 Å². The molecule has 0 fully saturated rings. The van der Waals surface area contributed by atoms with Gasteiger partial charge in [0.15, 0.2) is 0 Å². The molecule has 2 aromatic heterocycles. The van der Waals surface area contributed by atoms with Gasteiger partial charge in [-0.3, -0.25) is 0 Å². The molecule has 0 aliphatic rings. The van der Waals surface area contributed by atoms with Gasteiger partial charge in [-0.15, -0.1) is 22.7 Å². The van der Waals surface area contributed by atoms with Crippen LogP contribution >= 0.6 is 38.6 Å². The summed E-state index contributed by atoms with van der Waals surface area (Å²) < 4.78 is 2.31. The van der Waals surface area contributed by atoms with Gasteiger partial charge < -0.3 is 0 Å². The highest BCUT2D eigenvalue weighted by molar-refractivity contribution is 9.11. The maximum Gasteiger partial charge on any atom is 0.101 e. The Bertz CT molecular complexity index is 435. The standard InChI is InChI=1S/C7H2BrNS2/c8-6-1-5-4(2-9)3-10-7(5)11-6/h1,3H. The van der Waals surface area contributed by atoms with Crippen molar-refractivity contribution in [2.24, 2.45) is 0 Å². The summed E-state index contributed by atoms with van der Waals surface area (Å²) in [5.41, 5.74) is 0.784. The quantitative estimate of drug-likeness (QED) is 0.694. The molecular weight excluding hydrogens is 242 g/mol. The SMILES string of the molecule is N#Cc1csc2sc(Br)cc12. The minimum Gasteiger partial charge on any atom is -0.192 e. The predicted octanol–water partition coefficient (Wildman–Crippen LogP) is 3.60. The molecule has 0 radical (unpaired) electrons. The lowest BCUT2D eigenvalue weighted by Gasteiger charge is -1.74. The topological polar surface area (TPSA) is 23.8 Å². The molecule has 2 rings (SSSR count). The summed E-state index contributed by atoms with van der Waals surface area (Å²) in [6, 6.07) is 4.15. The van der Waals surface area contributed by atoms with Gasteiger partial charge in [-0.25, -0.2) is 0 Å². The van der Waals surface area contributed by atoms with Crippen molar-refractivity contribution in [2.45, 2.75) is 0 Å². The fourth-order valence-corrected chi connectivity index (χ4v) is 3.86. The van der Waals surface area contributed by atoms with Crippen molar-refractivity contribution in [3.63, 3.8) is 0 Å². The number of hydrogen-bond acceptors (Lipinski definition) is 3. The molecule has 0 N–H and O–H groups in total. The van der Waals surface area contributed by atoms with Crippen molar-refractivity contribution < 1.29 is 0 Å². The van der Waals surface area contributed by atoms with Crippen molar-refractivity contribution in [2.75, 3.05) is 0 Å². The molecule has 2 heterocycles. The lowest BCUT2D eigenvalue weighted by Crippen LogP contribution is -1.61. The Labute approximate surface area is 80.0 Å². The molecular formula is C7H2BrNS2. The smallest absolute Gasteiger partial charge is 0.101 e. The van der Waals surface area contributed by atoms with Crippen molar-refractivity contribution in [1.82, 2.24) is 0 Å². The second-order valence-electron chi connectivity index (χ2n) is 2.01. The summed E-state index contributed by atoms with van der Waals surface area (Å²) in [5.74, 6) is 0. The number of halogens is 1. The lowest BCUT2D eigenvalue weighted by molar-refractivity contribution is 1.52. The van der Waals surface area contributed by atoms with E-state index in [0.717, 1.165) is 14.7 Å². The first-order valence-electron chi connectivity index (χ1n) is 2.88. The minimum atomic E-state index is 0.784. The van der Waals surface area contributed by atoms with Crippen LogP contribution in [0.15, 0.2) is 15.2 Å². The van der Waals surface area contributed by atoms with Crippen LogP contribution in [0, 0.1) is 11.3 Å². The van der Waals surface area contributed by atoms with Gasteiger partial charge in [0.2, 0.25) is 0 Å². The fourth-order valence-electron chi connectivity index (χ4n) is 0.883. The molecule has 0 amide bonds. The van der Waals surface area contributed by atoms with Gasteiger partial charge in [0.05, 0.1) is 13.4 Å². The van der Waals surface area contributed by atoms with Gasteiger partial charge in [0.1, 0.15) is 6.07 Å². The summed E-state index contributed by atoms with van der Waals surface area (Å²) in [7, 11) is 0.